The average molecular weight is 86.1 g/mol. The summed E-state index contributed by atoms with van der Waals surface area (Å²) >= 11 is 0. The molecule has 1 amide bonds. The summed E-state index contributed by atoms with van der Waals surface area (Å²) in [5, 5.41) is 0. The third kappa shape index (κ3) is 10.7. The van der Waals surface area contributed by atoms with Crippen LogP contribution < -0.4 is 5.73 Å². The largest absolute Gasteiger partial charge is 0.366 e. The van der Waals surface area contributed by atoms with Crippen molar-refractivity contribution in [3.05, 3.63) is 20.1 Å². The molecule has 0 fully saturated rings. The van der Waals surface area contributed by atoms with Gasteiger partial charge in [0.05, 0.1) is 0 Å². The van der Waals surface area contributed by atoms with Gasteiger partial charge in [-0.05, 0) is 6.08 Å². The van der Waals surface area contributed by atoms with E-state index in [1.807, 2.05) is 0 Å². The summed E-state index contributed by atoms with van der Waals surface area (Å²) < 4.78 is 0. The Kier molecular flexibility index (Phi) is 6.29. The lowest BCUT2D eigenvalue weighted by Gasteiger charge is -1.65. The molecule has 0 unspecified atom stereocenters. The Labute approximate surface area is 37.7 Å². The number of hydrogen-bond acceptors (Lipinski definition) is 1. The van der Waals surface area contributed by atoms with E-state index in [0.717, 1.165) is 6.08 Å². The van der Waals surface area contributed by atoms with Gasteiger partial charge in [0.2, 0.25) is 5.91 Å². The van der Waals surface area contributed by atoms with Gasteiger partial charge in [0, 0.05) is 0 Å². The molecule has 0 aromatic heterocycles. The van der Waals surface area contributed by atoms with Crippen molar-refractivity contribution in [3.63, 3.8) is 0 Å². The van der Waals surface area contributed by atoms with Crippen LogP contribution in [0.1, 0.15) is 0 Å². The second-order valence-electron chi connectivity index (χ2n) is 0.606. The van der Waals surface area contributed by atoms with Gasteiger partial charge in [-0.25, -0.2) is 0 Å². The number of carbonyl (C=O) groups is 1. The van der Waals surface area contributed by atoms with Gasteiger partial charge in [-0.1, -0.05) is 14.0 Å². The first kappa shape index (κ1) is 8.96. The van der Waals surface area contributed by atoms with Gasteiger partial charge in [0.25, 0.3) is 0 Å². The second-order valence-corrected chi connectivity index (χ2v) is 0.606. The molecule has 0 atom stereocenters. The quantitative estimate of drug-likeness (QED) is 0.452. The molecular weight excluding hydrogens is 78.0 g/mol. The summed E-state index contributed by atoms with van der Waals surface area (Å²) in [6.45, 7) is 3.09. The zero-order valence-corrected chi connectivity index (χ0v) is 3.77. The zero-order chi connectivity index (χ0) is 4.28. The minimum absolute atomic E-state index is 0. The van der Waals surface area contributed by atoms with Gasteiger partial charge in [-0.3, -0.25) is 4.79 Å². The molecule has 0 aliphatic heterocycles. The zero-order valence-electron chi connectivity index (χ0n) is 3.77. The fourth-order valence-electron chi connectivity index (χ4n) is 0. The molecule has 2 nitrogen and oxygen atoms in total. The molecule has 2 heteroatoms. The van der Waals surface area contributed by atoms with Crippen LogP contribution in [0.25, 0.3) is 0 Å². The van der Waals surface area contributed by atoms with Gasteiger partial charge >= 0.3 is 0 Å². The molecule has 0 spiro atoms. The number of primary amides is 1. The van der Waals surface area contributed by atoms with E-state index < -0.39 is 5.91 Å². The van der Waals surface area contributed by atoms with Gasteiger partial charge < -0.3 is 5.73 Å². The van der Waals surface area contributed by atoms with E-state index in [2.05, 4.69) is 12.3 Å². The number of carbonyl (C=O) groups excluding carboxylic acids is 1. The average Bonchev–Trinajstić information content (AvgIpc) is 1.38. The van der Waals surface area contributed by atoms with E-state index in [4.69, 9.17) is 0 Å². The van der Waals surface area contributed by atoms with E-state index in [1.54, 1.807) is 0 Å². The Bertz CT molecular complexity index is 58.6. The van der Waals surface area contributed by atoms with E-state index in [1.165, 1.54) is 0 Å². The molecule has 0 heterocycles. The van der Waals surface area contributed by atoms with Crippen molar-refractivity contribution >= 4 is 5.91 Å². The summed E-state index contributed by atoms with van der Waals surface area (Å²) in [5.74, 6) is -0.481. The summed E-state index contributed by atoms with van der Waals surface area (Å²) in [4.78, 5) is 9.47. The maximum Gasteiger partial charge on any atom is 0.240 e. The Hall–Kier alpha value is -0.790. The van der Waals surface area contributed by atoms with Crippen molar-refractivity contribution in [3.8, 4) is 0 Å². The highest BCUT2D eigenvalue weighted by Gasteiger charge is 1.69. The first-order chi connectivity index (χ1) is 2.27. The Morgan fingerprint density at radius 3 is 2.00 bits per heavy atom. The van der Waals surface area contributed by atoms with Crippen molar-refractivity contribution in [2.45, 2.75) is 0 Å². The monoisotopic (exact) mass is 86.1 g/mol. The number of rotatable bonds is 1. The molecule has 6 heavy (non-hydrogen) atoms. The normalized spacial score (nSPS) is 5.33. The smallest absolute Gasteiger partial charge is 0.240 e. The summed E-state index contributed by atoms with van der Waals surface area (Å²) in [7, 11) is 0. The molecule has 0 rings (SSSR count). The third-order valence-corrected chi connectivity index (χ3v) is 0.201. The molecule has 0 saturated heterocycles. The molecule has 35 valence electrons. The lowest BCUT2D eigenvalue weighted by atomic mass is 10.6. The molecule has 0 bridgehead atoms. The van der Waals surface area contributed by atoms with E-state index in [0.29, 0.717) is 0 Å². The number of hydrogen-bond donors (Lipinski definition) is 1. The van der Waals surface area contributed by atoms with Crippen LogP contribution >= 0.6 is 0 Å². The summed E-state index contributed by atoms with van der Waals surface area (Å²) in [5.41, 5.74) is 4.53. The maximum atomic E-state index is 9.47. The van der Waals surface area contributed by atoms with Crippen LogP contribution in [0, 0.1) is 7.43 Å². The van der Waals surface area contributed by atoms with Crippen molar-refractivity contribution in [1.82, 2.24) is 0 Å². The van der Waals surface area contributed by atoms with Crippen LogP contribution in [0.15, 0.2) is 12.7 Å². The van der Waals surface area contributed by atoms with Crippen molar-refractivity contribution in [1.29, 1.82) is 0 Å². The van der Waals surface area contributed by atoms with Gasteiger partial charge in [0.15, 0.2) is 0 Å². The van der Waals surface area contributed by atoms with Crippen molar-refractivity contribution in [2.24, 2.45) is 5.73 Å². The van der Waals surface area contributed by atoms with Crippen LogP contribution in [0.3, 0.4) is 0 Å². The predicted molar refractivity (Wildman–Crippen MR) is 25.8 cm³/mol. The van der Waals surface area contributed by atoms with Crippen LogP contribution in [-0.4, -0.2) is 5.91 Å². The highest BCUT2D eigenvalue weighted by molar-refractivity contribution is 5.84. The molecule has 0 saturated carbocycles. The van der Waals surface area contributed by atoms with Gasteiger partial charge in [-0.15, -0.1) is 0 Å². The fraction of sp³-hybridized carbons (Fsp3) is 0. The van der Waals surface area contributed by atoms with Crippen LogP contribution in [0.2, 0.25) is 0 Å². The standard InChI is InChI=1S/C3H5NO.CH3/c1-2-3(4)5;/h2H,1H2,(H2,4,5);1H3. The molecular formula is C4H8NO. The topological polar surface area (TPSA) is 43.1 Å². The highest BCUT2D eigenvalue weighted by Crippen LogP contribution is 1.48. The maximum absolute atomic E-state index is 9.47. The molecule has 2 N–H and O–H groups in total. The van der Waals surface area contributed by atoms with Crippen LogP contribution in [0.5, 0.6) is 0 Å². The first-order valence-electron chi connectivity index (χ1n) is 1.19. The summed E-state index contributed by atoms with van der Waals surface area (Å²) in [6.07, 6.45) is 1.06. The minimum atomic E-state index is -0.481. The SMILES string of the molecule is C=CC(N)=O.[CH3]. The predicted octanol–water partition coefficient (Wildman–Crippen LogP) is 0.108. The molecule has 0 aliphatic carbocycles. The van der Waals surface area contributed by atoms with Crippen molar-refractivity contribution < 1.29 is 4.79 Å². The molecule has 0 aromatic rings. The van der Waals surface area contributed by atoms with Crippen LogP contribution in [-0.2, 0) is 4.79 Å². The lowest BCUT2D eigenvalue weighted by Crippen LogP contribution is -2.04. The summed E-state index contributed by atoms with van der Waals surface area (Å²) in [6, 6.07) is 0. The minimum Gasteiger partial charge on any atom is -0.366 e. The van der Waals surface area contributed by atoms with E-state index in [9.17, 15) is 4.79 Å². The van der Waals surface area contributed by atoms with Gasteiger partial charge in [-0.2, -0.15) is 0 Å². The Balaban J connectivity index is 0. The number of amides is 1. The lowest BCUT2D eigenvalue weighted by molar-refractivity contribution is -0.113. The highest BCUT2D eigenvalue weighted by atomic mass is 16.1. The second kappa shape index (κ2) is 4.21. The number of nitrogens with two attached hydrogens (primary N) is 1. The Morgan fingerprint density at radius 1 is 1.83 bits per heavy atom. The van der Waals surface area contributed by atoms with E-state index >= 15 is 0 Å². The molecule has 0 aromatic carbocycles. The molecule has 1 radical (unpaired) electrons. The van der Waals surface area contributed by atoms with Gasteiger partial charge in [0.1, 0.15) is 0 Å². The Morgan fingerprint density at radius 2 is 2.00 bits per heavy atom. The molecule has 0 aliphatic rings. The van der Waals surface area contributed by atoms with E-state index in [-0.39, 0.29) is 7.43 Å². The first-order valence-corrected chi connectivity index (χ1v) is 1.19. The fourth-order valence-corrected chi connectivity index (χ4v) is 0. The third-order valence-electron chi connectivity index (χ3n) is 0.201. The van der Waals surface area contributed by atoms with Crippen molar-refractivity contribution in [2.75, 3.05) is 0 Å². The van der Waals surface area contributed by atoms with Crippen LogP contribution in [0.4, 0.5) is 0 Å².